The minimum atomic E-state index is -4.40. The van der Waals surface area contributed by atoms with Gasteiger partial charge in [-0.2, -0.15) is 13.2 Å². The molecule has 5 nitrogen and oxygen atoms in total. The summed E-state index contributed by atoms with van der Waals surface area (Å²) in [6.45, 7) is 3.10. The molecule has 0 saturated carbocycles. The highest BCUT2D eigenvalue weighted by molar-refractivity contribution is 7.13. The van der Waals surface area contributed by atoms with Crippen LogP contribution in [0.2, 0.25) is 0 Å². The SMILES string of the molecule is Cc1ccc(-c2nc(C(=O)NCC(N3CCNCC3)C(F)(F)F)cs2)cc1. The summed E-state index contributed by atoms with van der Waals surface area (Å²) >= 11 is 1.29. The molecule has 1 aliphatic rings. The minimum absolute atomic E-state index is 0.136. The molecule has 2 N–H and O–H groups in total. The summed E-state index contributed by atoms with van der Waals surface area (Å²) < 4.78 is 40.2. The lowest BCUT2D eigenvalue weighted by atomic mass is 10.2. The van der Waals surface area contributed by atoms with E-state index in [0.717, 1.165) is 11.1 Å². The first-order valence-electron chi connectivity index (χ1n) is 8.67. The van der Waals surface area contributed by atoms with E-state index < -0.39 is 24.7 Å². The molecule has 27 heavy (non-hydrogen) atoms. The van der Waals surface area contributed by atoms with E-state index in [1.807, 2.05) is 31.2 Å². The lowest BCUT2D eigenvalue weighted by molar-refractivity contribution is -0.183. The standard InChI is InChI=1S/C18H21F3N4OS/c1-12-2-4-13(5-3-12)17-24-14(11-27-17)16(26)23-10-15(18(19,20)21)25-8-6-22-7-9-25/h2-5,11,15,22H,6-10H2,1H3,(H,23,26). The van der Waals surface area contributed by atoms with E-state index in [-0.39, 0.29) is 5.69 Å². The lowest BCUT2D eigenvalue weighted by Crippen LogP contribution is -2.57. The zero-order valence-electron chi connectivity index (χ0n) is 14.8. The number of thiazole rings is 1. The van der Waals surface area contributed by atoms with Gasteiger partial charge in [-0.15, -0.1) is 11.3 Å². The van der Waals surface area contributed by atoms with Crippen LogP contribution < -0.4 is 10.6 Å². The summed E-state index contributed by atoms with van der Waals surface area (Å²) in [4.78, 5) is 17.9. The lowest BCUT2D eigenvalue weighted by Gasteiger charge is -2.35. The van der Waals surface area contributed by atoms with Crippen molar-refractivity contribution in [1.29, 1.82) is 0 Å². The van der Waals surface area contributed by atoms with E-state index in [4.69, 9.17) is 0 Å². The summed E-state index contributed by atoms with van der Waals surface area (Å²) in [5.41, 5.74) is 2.12. The van der Waals surface area contributed by atoms with Crippen LogP contribution in [0.3, 0.4) is 0 Å². The van der Waals surface area contributed by atoms with Gasteiger partial charge in [0.15, 0.2) is 0 Å². The Labute approximate surface area is 159 Å². The Morgan fingerprint density at radius 1 is 1.30 bits per heavy atom. The van der Waals surface area contributed by atoms with Crippen LogP contribution in [0.15, 0.2) is 29.6 Å². The number of hydrogen-bond acceptors (Lipinski definition) is 5. The second-order valence-electron chi connectivity index (χ2n) is 6.46. The summed E-state index contributed by atoms with van der Waals surface area (Å²) in [6, 6.07) is 5.99. The maximum Gasteiger partial charge on any atom is 0.405 e. The highest BCUT2D eigenvalue weighted by Gasteiger charge is 2.43. The number of aromatic nitrogens is 1. The Kier molecular flexibility index (Phi) is 6.13. The quantitative estimate of drug-likeness (QED) is 0.813. The van der Waals surface area contributed by atoms with Gasteiger partial charge in [0.25, 0.3) is 5.91 Å². The Morgan fingerprint density at radius 3 is 2.59 bits per heavy atom. The molecule has 0 bridgehead atoms. The largest absolute Gasteiger partial charge is 0.405 e. The average Bonchev–Trinajstić information content (AvgIpc) is 3.12. The number of nitrogens with zero attached hydrogens (tertiary/aromatic N) is 2. The Morgan fingerprint density at radius 2 is 1.96 bits per heavy atom. The Bertz CT molecular complexity index is 770. The minimum Gasteiger partial charge on any atom is -0.349 e. The first-order valence-corrected chi connectivity index (χ1v) is 9.55. The molecule has 1 aliphatic heterocycles. The molecule has 0 radical (unpaired) electrons. The smallest absolute Gasteiger partial charge is 0.349 e. The molecular weight excluding hydrogens is 377 g/mol. The van der Waals surface area contributed by atoms with Crippen LogP contribution in [0, 0.1) is 6.92 Å². The molecule has 1 aromatic carbocycles. The first-order chi connectivity index (χ1) is 12.8. The van der Waals surface area contributed by atoms with Gasteiger partial charge in [0.1, 0.15) is 16.7 Å². The van der Waals surface area contributed by atoms with Gasteiger partial charge in [-0.25, -0.2) is 4.98 Å². The summed E-state index contributed by atoms with van der Waals surface area (Å²) in [6.07, 6.45) is -4.40. The van der Waals surface area contributed by atoms with Crippen molar-refractivity contribution in [2.75, 3.05) is 32.7 Å². The van der Waals surface area contributed by atoms with Crippen molar-refractivity contribution in [3.8, 4) is 10.6 Å². The van der Waals surface area contributed by atoms with E-state index in [1.165, 1.54) is 16.2 Å². The van der Waals surface area contributed by atoms with Gasteiger partial charge < -0.3 is 10.6 Å². The monoisotopic (exact) mass is 398 g/mol. The van der Waals surface area contributed by atoms with Crippen LogP contribution in [0.5, 0.6) is 0 Å². The van der Waals surface area contributed by atoms with Crippen molar-refractivity contribution in [1.82, 2.24) is 20.5 Å². The molecule has 1 saturated heterocycles. The van der Waals surface area contributed by atoms with Crippen molar-refractivity contribution in [2.45, 2.75) is 19.1 Å². The number of benzene rings is 1. The van der Waals surface area contributed by atoms with E-state index in [2.05, 4.69) is 15.6 Å². The van der Waals surface area contributed by atoms with Gasteiger partial charge in [0.05, 0.1) is 0 Å². The second kappa shape index (κ2) is 8.37. The van der Waals surface area contributed by atoms with Crippen LogP contribution in [0.4, 0.5) is 13.2 Å². The Balaban J connectivity index is 1.64. The predicted octanol–water partition coefficient (Wildman–Crippen LogP) is 2.68. The molecule has 9 heteroatoms. The van der Waals surface area contributed by atoms with Crippen LogP contribution >= 0.6 is 11.3 Å². The van der Waals surface area contributed by atoms with Crippen LogP contribution in [0.25, 0.3) is 10.6 Å². The van der Waals surface area contributed by atoms with Crippen molar-refractivity contribution >= 4 is 17.2 Å². The molecule has 1 fully saturated rings. The van der Waals surface area contributed by atoms with Crippen molar-refractivity contribution in [2.24, 2.45) is 0 Å². The second-order valence-corrected chi connectivity index (χ2v) is 7.32. The zero-order chi connectivity index (χ0) is 19.4. The molecule has 1 aromatic heterocycles. The number of halogens is 3. The number of carbonyl (C=O) groups excluding carboxylic acids is 1. The van der Waals surface area contributed by atoms with Gasteiger partial charge in [0, 0.05) is 43.7 Å². The van der Waals surface area contributed by atoms with Gasteiger partial charge in [-0.05, 0) is 6.92 Å². The van der Waals surface area contributed by atoms with Crippen LogP contribution in [0.1, 0.15) is 16.1 Å². The van der Waals surface area contributed by atoms with Crippen LogP contribution in [-0.2, 0) is 0 Å². The summed E-state index contributed by atoms with van der Waals surface area (Å²) in [5, 5.41) is 7.66. The third-order valence-corrected chi connectivity index (χ3v) is 5.35. The number of hydrogen-bond donors (Lipinski definition) is 2. The molecule has 2 aromatic rings. The van der Waals surface area contributed by atoms with Gasteiger partial charge in [-0.3, -0.25) is 9.69 Å². The molecule has 0 spiro atoms. The van der Waals surface area contributed by atoms with Crippen LogP contribution in [-0.4, -0.2) is 60.7 Å². The molecule has 146 valence electrons. The number of aryl methyl sites for hydroxylation is 1. The van der Waals surface area contributed by atoms with Crippen molar-refractivity contribution in [3.63, 3.8) is 0 Å². The zero-order valence-corrected chi connectivity index (χ0v) is 15.7. The first kappa shape index (κ1) is 19.8. The molecular formula is C18H21F3N4OS. The normalized spacial score (nSPS) is 16.9. The average molecular weight is 398 g/mol. The summed E-state index contributed by atoms with van der Waals surface area (Å²) in [7, 11) is 0. The molecule has 1 amide bonds. The van der Waals surface area contributed by atoms with Crippen molar-refractivity contribution < 1.29 is 18.0 Å². The maximum atomic E-state index is 13.4. The third kappa shape index (κ3) is 5.06. The molecule has 1 atom stereocenters. The number of alkyl halides is 3. The fourth-order valence-electron chi connectivity index (χ4n) is 2.93. The van der Waals surface area contributed by atoms with E-state index >= 15 is 0 Å². The Hall–Kier alpha value is -1.97. The molecule has 1 unspecified atom stereocenters. The predicted molar refractivity (Wildman–Crippen MR) is 98.9 cm³/mol. The third-order valence-electron chi connectivity index (χ3n) is 4.46. The number of carbonyl (C=O) groups is 1. The summed E-state index contributed by atoms with van der Waals surface area (Å²) in [5.74, 6) is -0.589. The van der Waals surface area contributed by atoms with Crippen molar-refractivity contribution in [3.05, 3.63) is 40.9 Å². The van der Waals surface area contributed by atoms with E-state index in [9.17, 15) is 18.0 Å². The highest BCUT2D eigenvalue weighted by Crippen LogP contribution is 2.26. The number of piperazine rings is 1. The number of nitrogens with one attached hydrogen (secondary N) is 2. The molecule has 3 rings (SSSR count). The highest BCUT2D eigenvalue weighted by atomic mass is 32.1. The number of amides is 1. The fourth-order valence-corrected chi connectivity index (χ4v) is 3.74. The number of rotatable bonds is 5. The maximum absolute atomic E-state index is 13.4. The molecule has 0 aliphatic carbocycles. The van der Waals surface area contributed by atoms with Gasteiger partial charge in [-0.1, -0.05) is 29.8 Å². The van der Waals surface area contributed by atoms with E-state index in [0.29, 0.717) is 31.2 Å². The van der Waals surface area contributed by atoms with E-state index in [1.54, 1.807) is 5.38 Å². The molecule has 2 heterocycles. The van der Waals surface area contributed by atoms with Gasteiger partial charge in [0.2, 0.25) is 0 Å². The fraction of sp³-hybridized carbons (Fsp3) is 0.444. The topological polar surface area (TPSA) is 57.3 Å². The van der Waals surface area contributed by atoms with Gasteiger partial charge >= 0.3 is 6.18 Å².